The van der Waals surface area contributed by atoms with E-state index in [9.17, 15) is 9.90 Å². The van der Waals surface area contributed by atoms with E-state index >= 15 is 8.90 Å². The summed E-state index contributed by atoms with van der Waals surface area (Å²) in [6, 6.07) is 35.1. The van der Waals surface area contributed by atoms with E-state index < -0.39 is 37.1 Å². The van der Waals surface area contributed by atoms with Crippen molar-refractivity contribution in [1.29, 1.82) is 0 Å². The Labute approximate surface area is 339 Å². The summed E-state index contributed by atoms with van der Waals surface area (Å²) in [6.07, 6.45) is 2.97. The molecule has 58 heavy (non-hydrogen) atoms. The fourth-order valence-electron chi connectivity index (χ4n) is 10.3. The molecule has 1 aromatic heterocycles. The summed E-state index contributed by atoms with van der Waals surface area (Å²) in [7, 11) is -3.47. The molecule has 9 rings (SSSR count). The molecule has 13 heteroatoms. The summed E-state index contributed by atoms with van der Waals surface area (Å²) in [5.74, 6) is -1.07. The van der Waals surface area contributed by atoms with Gasteiger partial charge in [-0.1, -0.05) is 78.9 Å². The number of nitrogens with zero attached hydrogens (tertiary/aromatic N) is 6. The summed E-state index contributed by atoms with van der Waals surface area (Å²) < 4.78 is 25.7. The number of amides is 2. The van der Waals surface area contributed by atoms with Gasteiger partial charge in [0, 0.05) is 46.8 Å². The third-order valence-electron chi connectivity index (χ3n) is 13.1. The number of hydrogen-bond donors (Lipinski definition) is 2. The van der Waals surface area contributed by atoms with Gasteiger partial charge in [0.1, 0.15) is 5.54 Å². The average Bonchev–Trinajstić information content (AvgIpc) is 3.97. The highest BCUT2D eigenvalue weighted by Crippen LogP contribution is 2.62. The van der Waals surface area contributed by atoms with Crippen LogP contribution in [0.15, 0.2) is 115 Å². The zero-order valence-corrected chi connectivity index (χ0v) is 34.2. The molecule has 300 valence electrons. The summed E-state index contributed by atoms with van der Waals surface area (Å²) in [4.78, 5) is 35.8. The van der Waals surface area contributed by atoms with Gasteiger partial charge in [0.25, 0.3) is 11.8 Å². The number of para-hydroxylation sites is 2. The monoisotopic (exact) mass is 799 g/mol. The van der Waals surface area contributed by atoms with Crippen LogP contribution < -0.4 is 20.0 Å². The first kappa shape index (κ1) is 38.3. The number of nitrogens with one attached hydrogen (secondary N) is 1. The molecule has 3 fully saturated rings. The first-order valence-electron chi connectivity index (χ1n) is 20.4. The molecule has 4 aliphatic heterocycles. The van der Waals surface area contributed by atoms with Crippen molar-refractivity contribution in [2.24, 2.45) is 5.92 Å². The molecule has 11 nitrogen and oxygen atoms in total. The van der Waals surface area contributed by atoms with Crippen LogP contribution >= 0.6 is 0 Å². The van der Waals surface area contributed by atoms with Crippen LogP contribution in [-0.2, 0) is 26.5 Å². The average molecular weight is 800 g/mol. The Kier molecular flexibility index (Phi) is 9.82. The Morgan fingerprint density at radius 3 is 2.21 bits per heavy atom. The summed E-state index contributed by atoms with van der Waals surface area (Å²) >= 11 is 0. The van der Waals surface area contributed by atoms with Gasteiger partial charge in [0.15, 0.2) is 5.60 Å². The van der Waals surface area contributed by atoms with Gasteiger partial charge < -0.3 is 24.2 Å². The zero-order valence-electron chi connectivity index (χ0n) is 33.2. The number of aryl methyl sites for hydroxylation is 1. The van der Waals surface area contributed by atoms with E-state index in [0.29, 0.717) is 60.8 Å². The molecule has 3 saturated heterocycles. The lowest BCUT2D eigenvalue weighted by Crippen LogP contribution is -2.55. The minimum atomic E-state index is -3.47. The largest absolute Gasteiger partial charge is 0.395 e. The topological polar surface area (TPSA) is 116 Å². The van der Waals surface area contributed by atoms with E-state index in [1.807, 2.05) is 115 Å². The SMILES string of the molecule is C[C@@H]1[C@@H]([Si](C)(C)F)[C@H](CCn2cc(C(CO)c3ccccc3)nn2)O[C@@]12C(=O)N(c1ccccc1)c1ccc(N3CN(c4ccccc4)C4(CCNCC4)C3=O)cc12. The standard InChI is InChI=1S/C45H50FN7O4Si/c1-31-41(58(2,3)46)40(21-26-50-28-38(48-49-50)36(29-54)32-13-7-4-8-14-32)57-45(31)37-27-35(19-20-39(37)53(43(45)56)34-17-11-6-12-18-34)51-30-52(33-15-9-5-10-16-33)44(42(51)55)22-24-47-25-23-44/h4-20,27-28,31,36,40-41,47,54H,21-26,29-30H2,1-3H3/t31-,36?,40+,41-,45+/m1/s1. The number of carbonyl (C=O) groups is 2. The van der Waals surface area contributed by atoms with Crippen LogP contribution in [0.3, 0.4) is 0 Å². The number of piperidine rings is 1. The van der Waals surface area contributed by atoms with Crippen LogP contribution in [0, 0.1) is 5.92 Å². The first-order valence-corrected chi connectivity index (χ1v) is 23.3. The molecular formula is C45H50FN7O4Si. The molecule has 0 saturated carbocycles. The van der Waals surface area contributed by atoms with Crippen molar-refractivity contribution >= 4 is 43.0 Å². The highest BCUT2D eigenvalue weighted by molar-refractivity contribution is 6.72. The summed E-state index contributed by atoms with van der Waals surface area (Å²) in [5, 5.41) is 22.5. The van der Waals surface area contributed by atoms with Crippen LogP contribution in [0.5, 0.6) is 0 Å². The number of benzene rings is 4. The van der Waals surface area contributed by atoms with E-state index in [1.54, 1.807) is 22.7 Å². The molecule has 1 unspecified atom stereocenters. The zero-order chi connectivity index (χ0) is 40.2. The van der Waals surface area contributed by atoms with Crippen molar-refractivity contribution in [2.75, 3.05) is 41.1 Å². The Bertz CT molecular complexity index is 2280. The maximum Gasteiger partial charge on any atom is 0.268 e. The van der Waals surface area contributed by atoms with Crippen molar-refractivity contribution in [2.45, 2.75) is 74.5 Å². The molecule has 5 atom stereocenters. The van der Waals surface area contributed by atoms with Crippen LogP contribution in [0.25, 0.3) is 0 Å². The third kappa shape index (κ3) is 6.17. The summed E-state index contributed by atoms with van der Waals surface area (Å²) in [5.41, 5.74) is 2.54. The lowest BCUT2D eigenvalue weighted by Gasteiger charge is -2.39. The number of anilines is 4. The van der Waals surface area contributed by atoms with Gasteiger partial charge in [0.2, 0.25) is 8.41 Å². The Morgan fingerprint density at radius 2 is 1.55 bits per heavy atom. The van der Waals surface area contributed by atoms with Gasteiger partial charge in [-0.05, 0) is 93.5 Å². The van der Waals surface area contributed by atoms with Crippen molar-refractivity contribution in [3.05, 3.63) is 132 Å². The Morgan fingerprint density at radius 1 is 0.897 bits per heavy atom. The van der Waals surface area contributed by atoms with Crippen LogP contribution in [0.2, 0.25) is 18.6 Å². The quantitative estimate of drug-likeness (QED) is 0.116. The molecular weight excluding hydrogens is 750 g/mol. The van der Waals surface area contributed by atoms with Crippen molar-refractivity contribution in [3.8, 4) is 0 Å². The molecule has 0 bridgehead atoms. The van der Waals surface area contributed by atoms with E-state index in [2.05, 4.69) is 32.7 Å². The van der Waals surface area contributed by atoms with E-state index in [0.717, 1.165) is 24.3 Å². The fourth-order valence-corrected chi connectivity index (χ4v) is 12.8. The van der Waals surface area contributed by atoms with Crippen LogP contribution in [0.4, 0.5) is 26.9 Å². The van der Waals surface area contributed by atoms with Crippen LogP contribution in [0.1, 0.15) is 48.9 Å². The maximum absolute atomic E-state index is 16.8. The Balaban J connectivity index is 1.09. The normalized spacial score (nSPS) is 24.6. The fraction of sp³-hybridized carbons (Fsp3) is 0.378. The van der Waals surface area contributed by atoms with Crippen LogP contribution in [-0.4, -0.2) is 78.3 Å². The number of rotatable bonds is 10. The highest BCUT2D eigenvalue weighted by Gasteiger charge is 2.67. The summed E-state index contributed by atoms with van der Waals surface area (Å²) in [6.45, 7) is 7.46. The van der Waals surface area contributed by atoms with E-state index in [1.165, 1.54) is 0 Å². The second-order valence-electron chi connectivity index (χ2n) is 16.7. The second-order valence-corrected chi connectivity index (χ2v) is 20.5. The van der Waals surface area contributed by atoms with Crippen molar-refractivity contribution in [3.63, 3.8) is 0 Å². The molecule has 2 N–H and O–H groups in total. The molecule has 4 aromatic carbocycles. The number of fused-ring (bicyclic) bond motifs is 2. The minimum Gasteiger partial charge on any atom is -0.395 e. The van der Waals surface area contributed by atoms with Gasteiger partial charge in [-0.3, -0.25) is 24.1 Å². The highest BCUT2D eigenvalue weighted by atomic mass is 28.4. The first-order chi connectivity index (χ1) is 28.1. The smallest absolute Gasteiger partial charge is 0.268 e. The maximum atomic E-state index is 16.8. The number of carbonyl (C=O) groups excluding carboxylic acids is 2. The predicted octanol–water partition coefficient (Wildman–Crippen LogP) is 6.88. The molecule has 4 aliphatic rings. The lowest BCUT2D eigenvalue weighted by molar-refractivity contribution is -0.145. The Hall–Kier alpha value is -5.21. The second kappa shape index (κ2) is 14.9. The predicted molar refractivity (Wildman–Crippen MR) is 224 cm³/mol. The number of ether oxygens (including phenoxy) is 1. The number of aliphatic hydroxyl groups is 1. The van der Waals surface area contributed by atoms with Crippen molar-refractivity contribution in [1.82, 2.24) is 20.3 Å². The molecule has 5 heterocycles. The van der Waals surface area contributed by atoms with E-state index in [4.69, 9.17) is 4.74 Å². The van der Waals surface area contributed by atoms with Crippen molar-refractivity contribution < 1.29 is 23.5 Å². The van der Waals surface area contributed by atoms with Gasteiger partial charge >= 0.3 is 0 Å². The molecule has 2 amide bonds. The molecule has 0 radical (unpaired) electrons. The van der Waals surface area contributed by atoms with E-state index in [-0.39, 0.29) is 24.3 Å². The number of aliphatic hydroxyl groups excluding tert-OH is 1. The molecule has 2 spiro atoms. The number of hydrogen-bond acceptors (Lipinski definition) is 8. The minimum absolute atomic E-state index is 0.0347. The van der Waals surface area contributed by atoms with Gasteiger partial charge in [0.05, 0.1) is 36.7 Å². The third-order valence-corrected chi connectivity index (χ3v) is 15.5. The molecule has 0 aliphatic carbocycles. The number of halogens is 1. The van der Waals surface area contributed by atoms with Gasteiger partial charge in [-0.2, -0.15) is 0 Å². The van der Waals surface area contributed by atoms with Gasteiger partial charge in [-0.25, -0.2) is 0 Å². The molecule has 5 aromatic rings. The van der Waals surface area contributed by atoms with Gasteiger partial charge in [-0.15, -0.1) is 5.10 Å². The number of aromatic nitrogens is 3. The lowest BCUT2D eigenvalue weighted by atomic mass is 9.82.